The van der Waals surface area contributed by atoms with E-state index in [2.05, 4.69) is 16.8 Å². The Bertz CT molecular complexity index is 989. The predicted octanol–water partition coefficient (Wildman–Crippen LogP) is 4.94. The van der Waals surface area contributed by atoms with Gasteiger partial charge in [0.15, 0.2) is 0 Å². The van der Waals surface area contributed by atoms with Gasteiger partial charge in [-0.3, -0.25) is 4.79 Å². The third-order valence-electron chi connectivity index (χ3n) is 4.88. The lowest BCUT2D eigenvalue weighted by molar-refractivity contribution is -0.147. The molecule has 3 aromatic rings. The van der Waals surface area contributed by atoms with E-state index in [1.54, 1.807) is 18.3 Å². The molecule has 0 spiro atoms. The summed E-state index contributed by atoms with van der Waals surface area (Å²) in [4.78, 5) is 25.4. The highest BCUT2D eigenvalue weighted by molar-refractivity contribution is 7.08. The third-order valence-corrected chi connectivity index (χ3v) is 5.56. The van der Waals surface area contributed by atoms with E-state index >= 15 is 0 Å². The molecule has 29 heavy (non-hydrogen) atoms. The van der Waals surface area contributed by atoms with Gasteiger partial charge in [0.25, 0.3) is 5.91 Å². The molecule has 1 amide bonds. The number of thiophene rings is 1. The standard InChI is InChI=1S/C24H25NO3S/c1-16-11-17(2)13-21(12-16)22(26)25-24(3,23(27)28-4)14-18-5-7-19(8-6-18)20-9-10-29-15-20/h5-13,15H,14H2,1-4H3,(H,25,26). The van der Waals surface area contributed by atoms with Crippen LogP contribution in [0.2, 0.25) is 0 Å². The quantitative estimate of drug-likeness (QED) is 0.589. The van der Waals surface area contributed by atoms with E-state index in [0.717, 1.165) is 22.3 Å². The number of aryl methyl sites for hydroxylation is 2. The lowest BCUT2D eigenvalue weighted by Gasteiger charge is -2.28. The highest BCUT2D eigenvalue weighted by atomic mass is 32.1. The van der Waals surface area contributed by atoms with Crippen molar-refractivity contribution in [2.75, 3.05) is 7.11 Å². The molecule has 0 aliphatic heterocycles. The topological polar surface area (TPSA) is 55.4 Å². The fraction of sp³-hybridized carbons (Fsp3) is 0.250. The van der Waals surface area contributed by atoms with Gasteiger partial charge in [0.05, 0.1) is 7.11 Å². The van der Waals surface area contributed by atoms with Gasteiger partial charge in [-0.1, -0.05) is 41.5 Å². The van der Waals surface area contributed by atoms with Crippen LogP contribution in [0, 0.1) is 13.8 Å². The summed E-state index contributed by atoms with van der Waals surface area (Å²) in [7, 11) is 1.34. The van der Waals surface area contributed by atoms with Crippen LogP contribution < -0.4 is 5.32 Å². The van der Waals surface area contributed by atoms with Gasteiger partial charge < -0.3 is 10.1 Å². The summed E-state index contributed by atoms with van der Waals surface area (Å²) >= 11 is 1.65. The van der Waals surface area contributed by atoms with Crippen molar-refractivity contribution in [2.24, 2.45) is 0 Å². The average molecular weight is 408 g/mol. The molecule has 150 valence electrons. The highest BCUT2D eigenvalue weighted by Crippen LogP contribution is 2.24. The Hall–Kier alpha value is -2.92. The number of hydrogen-bond acceptors (Lipinski definition) is 4. The SMILES string of the molecule is COC(=O)C(C)(Cc1ccc(-c2ccsc2)cc1)NC(=O)c1cc(C)cc(C)c1. The Kier molecular flexibility index (Phi) is 6.18. The summed E-state index contributed by atoms with van der Waals surface area (Å²) in [6, 6.07) is 15.7. The second kappa shape index (κ2) is 8.62. The molecule has 1 unspecified atom stereocenters. The number of amides is 1. The number of hydrogen-bond donors (Lipinski definition) is 1. The van der Waals surface area contributed by atoms with Crippen LogP contribution in [0.3, 0.4) is 0 Å². The maximum atomic E-state index is 12.9. The van der Waals surface area contributed by atoms with Gasteiger partial charge in [0.1, 0.15) is 5.54 Å². The molecule has 1 N–H and O–H groups in total. The fourth-order valence-electron chi connectivity index (χ4n) is 3.47. The molecule has 1 heterocycles. The van der Waals surface area contributed by atoms with Crippen molar-refractivity contribution < 1.29 is 14.3 Å². The van der Waals surface area contributed by atoms with Crippen molar-refractivity contribution in [2.45, 2.75) is 32.7 Å². The number of esters is 1. The Morgan fingerprint density at radius 1 is 1.00 bits per heavy atom. The van der Waals surface area contributed by atoms with E-state index in [0.29, 0.717) is 12.0 Å². The first-order chi connectivity index (χ1) is 13.8. The summed E-state index contributed by atoms with van der Waals surface area (Å²) in [6.07, 6.45) is 0.333. The zero-order valence-corrected chi connectivity index (χ0v) is 17.9. The van der Waals surface area contributed by atoms with Gasteiger partial charge in [-0.05, 0) is 66.4 Å². The molecule has 1 atom stereocenters. The van der Waals surface area contributed by atoms with E-state index < -0.39 is 11.5 Å². The van der Waals surface area contributed by atoms with Crippen molar-refractivity contribution in [3.8, 4) is 11.1 Å². The number of carbonyl (C=O) groups excluding carboxylic acids is 2. The van der Waals surface area contributed by atoms with E-state index in [4.69, 9.17) is 4.74 Å². The van der Waals surface area contributed by atoms with Crippen LogP contribution in [0.4, 0.5) is 0 Å². The molecule has 5 heteroatoms. The van der Waals surface area contributed by atoms with E-state index in [1.165, 1.54) is 12.7 Å². The molecule has 0 aliphatic carbocycles. The molecule has 0 fully saturated rings. The van der Waals surface area contributed by atoms with Crippen molar-refractivity contribution in [3.05, 3.63) is 81.5 Å². The molecule has 0 saturated heterocycles. The normalized spacial score (nSPS) is 12.8. The van der Waals surface area contributed by atoms with E-state index in [1.807, 2.05) is 61.7 Å². The molecule has 4 nitrogen and oxygen atoms in total. The number of rotatable bonds is 6. The van der Waals surface area contributed by atoms with Crippen molar-refractivity contribution in [1.29, 1.82) is 0 Å². The van der Waals surface area contributed by atoms with Gasteiger partial charge in [-0.25, -0.2) is 4.79 Å². The van der Waals surface area contributed by atoms with Crippen LogP contribution in [0.5, 0.6) is 0 Å². The van der Waals surface area contributed by atoms with Crippen LogP contribution in [0.1, 0.15) is 34.0 Å². The van der Waals surface area contributed by atoms with E-state index in [9.17, 15) is 9.59 Å². The van der Waals surface area contributed by atoms with Crippen LogP contribution >= 0.6 is 11.3 Å². The van der Waals surface area contributed by atoms with Crippen molar-refractivity contribution in [1.82, 2.24) is 5.32 Å². The molecular formula is C24H25NO3S. The molecular weight excluding hydrogens is 382 g/mol. The Morgan fingerprint density at radius 3 is 2.21 bits per heavy atom. The van der Waals surface area contributed by atoms with Crippen LogP contribution in [0.15, 0.2) is 59.3 Å². The van der Waals surface area contributed by atoms with Gasteiger partial charge in [0, 0.05) is 12.0 Å². The Labute approximate surface area is 175 Å². The monoisotopic (exact) mass is 407 g/mol. The first kappa shape index (κ1) is 20.8. The summed E-state index contributed by atoms with van der Waals surface area (Å²) in [5, 5.41) is 7.03. The molecule has 0 radical (unpaired) electrons. The molecule has 0 aliphatic rings. The molecule has 3 rings (SSSR count). The Balaban J connectivity index is 1.82. The lowest BCUT2D eigenvalue weighted by atomic mass is 9.91. The average Bonchev–Trinajstić information content (AvgIpc) is 3.21. The Morgan fingerprint density at radius 2 is 1.66 bits per heavy atom. The third kappa shape index (κ3) is 4.93. The summed E-state index contributed by atoms with van der Waals surface area (Å²) in [6.45, 7) is 5.59. The molecule has 1 aromatic heterocycles. The minimum Gasteiger partial charge on any atom is -0.467 e. The van der Waals surface area contributed by atoms with E-state index in [-0.39, 0.29) is 5.91 Å². The largest absolute Gasteiger partial charge is 0.467 e. The smallest absolute Gasteiger partial charge is 0.331 e. The number of methoxy groups -OCH3 is 1. The van der Waals surface area contributed by atoms with Gasteiger partial charge in [0.2, 0.25) is 0 Å². The van der Waals surface area contributed by atoms with Gasteiger partial charge in [-0.2, -0.15) is 11.3 Å². The number of ether oxygens (including phenoxy) is 1. The second-order valence-electron chi connectivity index (χ2n) is 7.54. The lowest BCUT2D eigenvalue weighted by Crippen LogP contribution is -2.54. The molecule has 2 aromatic carbocycles. The zero-order valence-electron chi connectivity index (χ0n) is 17.1. The summed E-state index contributed by atoms with van der Waals surface area (Å²) < 4.78 is 5.00. The van der Waals surface area contributed by atoms with Gasteiger partial charge in [-0.15, -0.1) is 0 Å². The number of nitrogens with one attached hydrogen (secondary N) is 1. The summed E-state index contributed by atoms with van der Waals surface area (Å²) in [5.41, 5.74) is 4.59. The maximum Gasteiger partial charge on any atom is 0.331 e. The molecule has 0 bridgehead atoms. The van der Waals surface area contributed by atoms with Crippen LogP contribution in [-0.2, 0) is 16.0 Å². The maximum absolute atomic E-state index is 12.9. The predicted molar refractivity (Wildman–Crippen MR) is 117 cm³/mol. The zero-order chi connectivity index (χ0) is 21.0. The number of benzene rings is 2. The number of carbonyl (C=O) groups is 2. The minimum absolute atomic E-state index is 0.292. The fourth-order valence-corrected chi connectivity index (χ4v) is 4.14. The van der Waals surface area contributed by atoms with Crippen LogP contribution in [-0.4, -0.2) is 24.5 Å². The first-order valence-corrected chi connectivity index (χ1v) is 10.4. The van der Waals surface area contributed by atoms with Gasteiger partial charge >= 0.3 is 5.97 Å². The van der Waals surface area contributed by atoms with Crippen molar-refractivity contribution in [3.63, 3.8) is 0 Å². The van der Waals surface area contributed by atoms with Crippen LogP contribution in [0.25, 0.3) is 11.1 Å². The summed E-state index contributed by atoms with van der Waals surface area (Å²) in [5.74, 6) is -0.767. The van der Waals surface area contributed by atoms with Crippen molar-refractivity contribution >= 4 is 23.2 Å². The highest BCUT2D eigenvalue weighted by Gasteiger charge is 2.36. The molecule has 0 saturated carbocycles. The second-order valence-corrected chi connectivity index (χ2v) is 8.32. The minimum atomic E-state index is -1.17. The first-order valence-electron chi connectivity index (χ1n) is 9.41.